The largest absolute Gasteiger partial charge is 0.333 e. The highest BCUT2D eigenvalue weighted by molar-refractivity contribution is 7.71. The maximum absolute atomic E-state index is 5.62. The van der Waals surface area contributed by atoms with Crippen molar-refractivity contribution in [3.63, 3.8) is 0 Å². The van der Waals surface area contributed by atoms with Gasteiger partial charge in [-0.05, 0) is 25.8 Å². The number of aromatic nitrogens is 3. The zero-order chi connectivity index (χ0) is 12.0. The van der Waals surface area contributed by atoms with E-state index in [1.54, 1.807) is 0 Å². The summed E-state index contributed by atoms with van der Waals surface area (Å²) >= 11 is 5.62. The molecule has 0 atom stereocenters. The van der Waals surface area contributed by atoms with Crippen molar-refractivity contribution in [1.29, 1.82) is 0 Å². The number of aryl methyl sites for hydroxylation is 3. The predicted octanol–water partition coefficient (Wildman–Crippen LogP) is 3.14. The van der Waals surface area contributed by atoms with Crippen LogP contribution < -0.4 is 0 Å². The van der Waals surface area contributed by atoms with Gasteiger partial charge in [0.15, 0.2) is 0 Å². The van der Waals surface area contributed by atoms with Gasteiger partial charge in [0.1, 0.15) is 16.1 Å². The van der Waals surface area contributed by atoms with E-state index in [1.165, 1.54) is 30.8 Å². The Labute approximate surface area is 106 Å². The Morgan fingerprint density at radius 2 is 2.12 bits per heavy atom. The molecule has 0 saturated carbocycles. The van der Waals surface area contributed by atoms with E-state index in [-0.39, 0.29) is 0 Å². The monoisotopic (exact) mass is 247 g/mol. The fourth-order valence-corrected chi connectivity index (χ4v) is 2.95. The maximum Gasteiger partial charge on any atom is 0.144 e. The highest BCUT2D eigenvalue weighted by atomic mass is 32.1. The van der Waals surface area contributed by atoms with Crippen LogP contribution in [0.5, 0.6) is 0 Å². The smallest absolute Gasteiger partial charge is 0.144 e. The molecule has 0 aromatic carbocycles. The molecule has 1 aliphatic rings. The highest BCUT2D eigenvalue weighted by Crippen LogP contribution is 2.22. The molecule has 0 radical (unpaired) electrons. The summed E-state index contributed by atoms with van der Waals surface area (Å²) in [7, 11) is 2.06. The first kappa shape index (κ1) is 11.0. The second-order valence-electron chi connectivity index (χ2n) is 4.88. The van der Waals surface area contributed by atoms with Gasteiger partial charge < -0.3 is 9.13 Å². The van der Waals surface area contributed by atoms with Crippen molar-refractivity contribution < 1.29 is 0 Å². The Morgan fingerprint density at radius 3 is 2.94 bits per heavy atom. The van der Waals surface area contributed by atoms with Crippen molar-refractivity contribution in [3.05, 3.63) is 22.2 Å². The Hall–Kier alpha value is -1.16. The maximum atomic E-state index is 5.62. The van der Waals surface area contributed by atoms with Crippen molar-refractivity contribution in [3.8, 4) is 0 Å². The van der Waals surface area contributed by atoms with Gasteiger partial charge in [-0.1, -0.05) is 18.6 Å². The second kappa shape index (κ2) is 3.95. The first-order valence-corrected chi connectivity index (χ1v) is 6.65. The summed E-state index contributed by atoms with van der Waals surface area (Å²) in [5, 5.41) is 1.13. The van der Waals surface area contributed by atoms with Gasteiger partial charge in [0, 0.05) is 25.7 Å². The van der Waals surface area contributed by atoms with Crippen LogP contribution in [0.15, 0.2) is 6.07 Å². The molecule has 3 heterocycles. The lowest BCUT2D eigenvalue weighted by Gasteiger charge is -2.10. The average molecular weight is 247 g/mol. The molecular formula is C13H17N3S. The van der Waals surface area contributed by atoms with Crippen LogP contribution in [-0.4, -0.2) is 14.1 Å². The number of nitrogens with zero attached hydrogens (tertiary/aromatic N) is 3. The van der Waals surface area contributed by atoms with E-state index in [1.807, 2.05) is 0 Å². The summed E-state index contributed by atoms with van der Waals surface area (Å²) in [4.78, 5) is 4.82. The van der Waals surface area contributed by atoms with Crippen molar-refractivity contribution >= 4 is 23.3 Å². The van der Waals surface area contributed by atoms with Gasteiger partial charge in [-0.15, -0.1) is 0 Å². The molecular weight excluding hydrogens is 230 g/mol. The van der Waals surface area contributed by atoms with Crippen LogP contribution in [0.25, 0.3) is 11.0 Å². The van der Waals surface area contributed by atoms with E-state index in [0.717, 1.165) is 28.6 Å². The normalized spacial score (nSPS) is 15.9. The molecule has 2 aromatic heterocycles. The number of hydrogen-bond acceptors (Lipinski definition) is 2. The van der Waals surface area contributed by atoms with Crippen LogP contribution in [0.4, 0.5) is 0 Å². The number of fused-ring (bicyclic) bond motifs is 2. The van der Waals surface area contributed by atoms with E-state index >= 15 is 0 Å². The van der Waals surface area contributed by atoms with Gasteiger partial charge in [-0.25, -0.2) is 4.98 Å². The molecule has 1 aliphatic heterocycles. The zero-order valence-corrected chi connectivity index (χ0v) is 11.2. The summed E-state index contributed by atoms with van der Waals surface area (Å²) in [5.74, 6) is 1.17. The third kappa shape index (κ3) is 1.62. The van der Waals surface area contributed by atoms with E-state index < -0.39 is 0 Å². The van der Waals surface area contributed by atoms with Gasteiger partial charge in [0.25, 0.3) is 0 Å². The Kier molecular flexibility index (Phi) is 2.54. The van der Waals surface area contributed by atoms with Gasteiger partial charge >= 0.3 is 0 Å². The van der Waals surface area contributed by atoms with E-state index in [2.05, 4.69) is 29.2 Å². The van der Waals surface area contributed by atoms with Crippen molar-refractivity contribution in [1.82, 2.24) is 14.1 Å². The number of hydrogen-bond donors (Lipinski definition) is 0. The van der Waals surface area contributed by atoms with Crippen LogP contribution in [0, 0.1) is 11.6 Å². The molecule has 2 aromatic rings. The molecule has 0 aliphatic carbocycles. The molecule has 0 N–H and O–H groups in total. The van der Waals surface area contributed by atoms with E-state index in [4.69, 9.17) is 17.2 Å². The molecule has 3 rings (SSSR count). The molecule has 0 bridgehead atoms. The summed E-state index contributed by atoms with van der Waals surface area (Å²) in [6, 6.07) is 2.16. The Morgan fingerprint density at radius 1 is 1.29 bits per heavy atom. The first-order chi connectivity index (χ1) is 8.18. The van der Waals surface area contributed by atoms with Gasteiger partial charge in [-0.3, -0.25) is 0 Å². The fraction of sp³-hybridized carbons (Fsp3) is 0.538. The predicted molar refractivity (Wildman–Crippen MR) is 71.8 cm³/mol. The fourth-order valence-electron chi connectivity index (χ4n) is 2.61. The Balaban J connectivity index is 2.37. The summed E-state index contributed by atoms with van der Waals surface area (Å²) in [6.45, 7) is 3.14. The molecule has 0 unspecified atom stereocenters. The van der Waals surface area contributed by atoms with Crippen molar-refractivity contribution in [2.45, 2.75) is 39.2 Å². The quantitative estimate of drug-likeness (QED) is 0.667. The average Bonchev–Trinajstić information content (AvgIpc) is 2.54. The molecule has 90 valence electrons. The molecule has 0 fully saturated rings. The SMILES string of the molecule is Cc1cc2c(=S)n3c(nc2n1C)CCCCC3. The molecule has 0 saturated heterocycles. The molecule has 0 amide bonds. The highest BCUT2D eigenvalue weighted by Gasteiger charge is 2.14. The van der Waals surface area contributed by atoms with Crippen LogP contribution in [0.1, 0.15) is 30.8 Å². The molecule has 17 heavy (non-hydrogen) atoms. The topological polar surface area (TPSA) is 22.8 Å². The van der Waals surface area contributed by atoms with Crippen molar-refractivity contribution in [2.75, 3.05) is 0 Å². The first-order valence-electron chi connectivity index (χ1n) is 6.24. The molecule has 0 spiro atoms. The summed E-state index contributed by atoms with van der Waals surface area (Å²) in [6.07, 6.45) is 4.80. The minimum atomic E-state index is 0.968. The minimum absolute atomic E-state index is 0.968. The third-order valence-electron chi connectivity index (χ3n) is 3.75. The van der Waals surface area contributed by atoms with Crippen LogP contribution in [0.2, 0.25) is 0 Å². The third-order valence-corrected chi connectivity index (χ3v) is 4.19. The number of rotatable bonds is 0. The van der Waals surface area contributed by atoms with Crippen LogP contribution >= 0.6 is 12.2 Å². The lowest BCUT2D eigenvalue weighted by atomic mass is 10.2. The van der Waals surface area contributed by atoms with Crippen molar-refractivity contribution in [2.24, 2.45) is 7.05 Å². The second-order valence-corrected chi connectivity index (χ2v) is 5.26. The zero-order valence-electron chi connectivity index (χ0n) is 10.4. The standard InChI is InChI=1S/C13H17N3S/c1-9-8-10-12(15(9)2)14-11-6-4-3-5-7-16(11)13(10)17/h8H,3-7H2,1-2H3. The lowest BCUT2D eigenvalue weighted by Crippen LogP contribution is -2.09. The van der Waals surface area contributed by atoms with Gasteiger partial charge in [-0.2, -0.15) is 0 Å². The lowest BCUT2D eigenvalue weighted by molar-refractivity contribution is 0.622. The van der Waals surface area contributed by atoms with Gasteiger partial charge in [0.05, 0.1) is 5.39 Å². The molecule has 3 nitrogen and oxygen atoms in total. The molecule has 4 heteroatoms. The van der Waals surface area contributed by atoms with Crippen LogP contribution in [0.3, 0.4) is 0 Å². The summed E-state index contributed by atoms with van der Waals surface area (Å²) in [5.41, 5.74) is 2.26. The van der Waals surface area contributed by atoms with Gasteiger partial charge in [0.2, 0.25) is 0 Å². The van der Waals surface area contributed by atoms with E-state index in [9.17, 15) is 0 Å². The van der Waals surface area contributed by atoms with Crippen LogP contribution in [-0.2, 0) is 20.0 Å². The minimum Gasteiger partial charge on any atom is -0.333 e. The summed E-state index contributed by atoms with van der Waals surface area (Å²) < 4.78 is 5.34. The Bertz CT molecular complexity index is 636. The van der Waals surface area contributed by atoms with E-state index in [0.29, 0.717) is 0 Å².